The number of H-pyrrole nitrogens is 1. The third-order valence-corrected chi connectivity index (χ3v) is 20.5. The largest absolute Gasteiger partial charge is 0.351 e. The zero-order chi connectivity index (χ0) is 82.0. The normalized spacial score (nSPS) is 15.7. The number of rotatable bonds is 12. The Bertz CT molecular complexity index is 4800. The molecule has 0 saturated carbocycles. The Morgan fingerprint density at radius 3 is 1.40 bits per heavy atom. The first-order valence-electron chi connectivity index (χ1n) is 39.6. The monoisotopic (exact) mass is 2170 g/mol. The number of nitrogens with zero attached hydrogens (tertiary/aromatic N) is 22. The van der Waals surface area contributed by atoms with E-state index >= 15 is 0 Å². The van der Waals surface area contributed by atoms with Crippen molar-refractivity contribution in [3.05, 3.63) is 406 Å². The van der Waals surface area contributed by atoms with Gasteiger partial charge in [0.15, 0.2) is 12.4 Å². The molecular weight excluding hydrogens is 2080 g/mol. The molecule has 1 N–H and O–H groups in total. The van der Waals surface area contributed by atoms with Crippen molar-refractivity contribution < 1.29 is 158 Å². The van der Waals surface area contributed by atoms with Gasteiger partial charge in [0.05, 0.1) is 101 Å². The summed E-state index contributed by atoms with van der Waals surface area (Å²) in [6.45, 7) is 21.4. The van der Waals surface area contributed by atoms with Gasteiger partial charge in [-0.05, 0) is 172 Å². The van der Waals surface area contributed by atoms with Gasteiger partial charge in [0.2, 0.25) is 6.33 Å². The number of hydrogen-bond acceptors (Lipinski definition) is 19. The van der Waals surface area contributed by atoms with Crippen LogP contribution >= 0.6 is 31.9 Å². The van der Waals surface area contributed by atoms with Gasteiger partial charge in [0, 0.05) is 175 Å². The summed E-state index contributed by atoms with van der Waals surface area (Å²) in [5.41, 5.74) is 17.8. The Labute approximate surface area is 842 Å². The van der Waals surface area contributed by atoms with Crippen LogP contribution in [0.4, 0.5) is 0 Å². The second kappa shape index (κ2) is 53.8. The minimum absolute atomic E-state index is 0. The van der Waals surface area contributed by atoms with Gasteiger partial charge < -0.3 is 54.6 Å². The first kappa shape index (κ1) is 99.2. The van der Waals surface area contributed by atoms with Gasteiger partial charge in [-0.15, -0.1) is 5.92 Å². The van der Waals surface area contributed by atoms with Crippen LogP contribution in [0.3, 0.4) is 0 Å². The molecule has 16 bridgehead atoms. The molecule has 123 heavy (non-hydrogen) atoms. The predicted octanol–water partition coefficient (Wildman–Crippen LogP) is 11.3. The third kappa shape index (κ3) is 33.9. The Hall–Kier alpha value is -7.60. The van der Waals surface area contributed by atoms with E-state index in [9.17, 15) is 0 Å². The smallest absolute Gasteiger partial charge is 0.0949 e. The number of aryl methyl sites for hydroxylation is 1. The second-order valence-corrected chi connectivity index (χ2v) is 30.3. The van der Waals surface area contributed by atoms with Crippen molar-refractivity contribution in [3.63, 3.8) is 0 Å². The van der Waals surface area contributed by atoms with Gasteiger partial charge in [-0.1, -0.05) is 105 Å². The van der Waals surface area contributed by atoms with E-state index in [0.717, 1.165) is 188 Å². The molecule has 8 aliphatic heterocycles. The number of ether oxygens (including phenoxy) is 1. The summed E-state index contributed by atoms with van der Waals surface area (Å²) in [5.74, 6) is 0.857. The van der Waals surface area contributed by atoms with Crippen LogP contribution in [0, 0.1) is 45.3 Å². The number of hydrogen-bond donors (Lipinski definition) is 1. The van der Waals surface area contributed by atoms with Crippen LogP contribution in [0.1, 0.15) is 105 Å². The van der Waals surface area contributed by atoms with Gasteiger partial charge in [-0.25, -0.2) is 35.2 Å². The van der Waals surface area contributed by atoms with E-state index in [-0.39, 0.29) is 120 Å². The molecule has 8 aliphatic rings. The maximum atomic E-state index is 8.06. The van der Waals surface area contributed by atoms with E-state index in [1.54, 1.807) is 64.8 Å². The number of aromatic nitrogens is 15. The molecule has 2 unspecified atom stereocenters. The molecule has 1 saturated heterocycles. The number of halogens is 2. The minimum atomic E-state index is 0. The Morgan fingerprint density at radius 2 is 0.943 bits per heavy atom. The van der Waals surface area contributed by atoms with E-state index in [2.05, 4.69) is 344 Å². The zero-order valence-corrected chi connectivity index (χ0v) is 81.0. The molecule has 0 spiro atoms. The molecule has 0 aliphatic carbocycles. The molecule has 0 amide bonds. The number of allylic oxidation sites excluding steroid dienone is 1. The average molecular weight is 2180 g/mol. The molecule has 32 heteroatoms. The van der Waals surface area contributed by atoms with E-state index in [4.69, 9.17) is 27.9 Å². The number of alkyl halides is 2. The fraction of sp³-hybridized carbons (Fsp3) is 0.253. The van der Waals surface area contributed by atoms with E-state index in [0.29, 0.717) is 11.8 Å². The average Bonchev–Trinajstić information content (AvgIpc) is 1.73. The van der Waals surface area contributed by atoms with E-state index < -0.39 is 0 Å². The zero-order valence-electron chi connectivity index (χ0n) is 69.7. The van der Waals surface area contributed by atoms with Crippen molar-refractivity contribution in [3.8, 4) is 0 Å². The van der Waals surface area contributed by atoms with Gasteiger partial charge in [-0.2, -0.15) is 20.0 Å². The maximum Gasteiger partial charge on any atom is 0.0949 e. The summed E-state index contributed by atoms with van der Waals surface area (Å²) < 4.78 is 23.4. The van der Waals surface area contributed by atoms with Crippen LogP contribution in [0.5, 0.6) is 0 Å². The Morgan fingerprint density at radius 1 is 0.496 bits per heavy atom. The first-order valence-corrected chi connectivity index (χ1v) is 42.4. The summed E-state index contributed by atoms with van der Waals surface area (Å²) in [7, 11) is 2.06. The van der Waals surface area contributed by atoms with Gasteiger partial charge in [0.1, 0.15) is 32.5 Å². The second-order valence-electron chi connectivity index (χ2n) is 29.2. The summed E-state index contributed by atoms with van der Waals surface area (Å²) in [6.07, 6.45) is 50.5. The SMILES string of the molecule is BrCc1cccc(CBr)n1.C1=CN2[CH-]C1Cc1cccc(n1)CN1C=CN([CH-]1)Cc1cccc(c1)C2.C1=CN2[CH-]N1Cc1cccc(n1)CN1C=CN([CH-]1)Cc1cccc(n1)C2.C1CCOC1.Cc1cccc(C[n+]2ccn(Cc3cccc(CC4C=C[N+](C)=C4)n3)c2)n1.[Ag+].[Ag].[Ag].[H-].[K+].[O]=[Ag].c1c[nH]cn1.c1cc(Cn2ccnc2)nc(Cn2ccnc2)c1. The van der Waals surface area contributed by atoms with Crippen LogP contribution in [-0.4, -0.2) is 134 Å². The van der Waals surface area contributed by atoms with Crippen LogP contribution in [0.15, 0.2) is 288 Å². The van der Waals surface area contributed by atoms with E-state index in [1.165, 1.54) is 24.0 Å². The van der Waals surface area contributed by atoms with Gasteiger partial charge >= 0.3 is 98.1 Å². The number of benzene rings is 1. The quantitative estimate of drug-likeness (QED) is 0.0521. The van der Waals surface area contributed by atoms with E-state index in [1.807, 2.05) is 70.9 Å². The molecule has 20 rings (SSSR count). The molecule has 25 nitrogen and oxygen atoms in total. The number of nitrogens with one attached hydrogen (secondary N) is 1. The topological polar surface area (TPSA) is 215 Å². The Kier molecular flexibility index (Phi) is 43.4. The fourth-order valence-corrected chi connectivity index (χ4v) is 14.5. The van der Waals surface area contributed by atoms with Crippen molar-refractivity contribution >= 4 is 38.1 Å². The van der Waals surface area contributed by atoms with Crippen molar-refractivity contribution in [1.29, 1.82) is 0 Å². The molecule has 2 atom stereocenters. The van der Waals surface area contributed by atoms with Crippen molar-refractivity contribution in [2.45, 2.75) is 115 Å². The minimum Gasteiger partial charge on any atom is -0.351 e. The molecular formula is C91H100Ag4Br2KN23O2-. The molecule has 12 aromatic rings. The first-order chi connectivity index (χ1) is 58.5. The molecule has 1 aromatic carbocycles. The van der Waals surface area contributed by atoms with Crippen molar-refractivity contribution in [1.82, 2.24) is 103 Å². The molecule has 2 radical (unpaired) electrons. The van der Waals surface area contributed by atoms with Crippen molar-refractivity contribution in [2.75, 3.05) is 20.3 Å². The molecule has 19 heterocycles. The van der Waals surface area contributed by atoms with Crippen LogP contribution in [0.2, 0.25) is 0 Å². The molecule has 651 valence electrons. The van der Waals surface area contributed by atoms with Crippen molar-refractivity contribution in [2.24, 2.45) is 11.8 Å². The summed E-state index contributed by atoms with van der Waals surface area (Å²) in [5, 5.41) is 1.65. The number of imidazole rings is 4. The fourth-order valence-electron chi connectivity index (χ4n) is 13.9. The standard InChI is InChI=1S/C22H25N5.C22H22N4.C20H20N6.C13H13N5.C7H7Br2N.C4H8O.C3H4N2.4Ag.K.O.H/c1-18-5-3-7-21(23-18)15-26-11-12-27(17-26)16-22-8-4-6-20(24-22)13-19-9-10-25(2)14-19;1-3-18-11-19(4-1)15-25-9-10-26(17-25)16-22-6-2-5-21(23-22)12-20-7-8-24(13-18)14-20;1-3-17-11-23-7-9-25(15-23)13-19-5-2-6-20(22-19)14-26-10-8-24(16-26)12-18(4-1)21-17;1-2-12(8-17-6-4-14-10-17)16-13(3-1)9-18-7-5-15-11-18;8-4-6-2-1-3-7(5-9)10-6;1-2-4-5-3-1;1-2-5-3-4-1;;;;;;;/h3-12,14,17,19H,13,15-16H2,1-2H3;1-11,14,17,20H,12-13,15-16H2;1-10,15-16H,11-14H2;1-7,10-11H,8-9H2;1-3H,4-5H2;1-4H2;1-3H,(H,4,5);;;;;;;/q+2;2*-2;;;;;;;;2*+1;;-1. The third-order valence-electron chi connectivity index (χ3n) is 19.4. The molecule has 11 aromatic heterocycles. The Balaban J connectivity index is 0.000000188. The van der Waals surface area contributed by atoms with Crippen LogP contribution < -0.4 is 56.0 Å². The number of aromatic amines is 1. The number of fused-ring (bicyclic) bond motifs is 16. The summed E-state index contributed by atoms with van der Waals surface area (Å²) in [4.78, 5) is 62.7. The predicted molar refractivity (Wildman–Crippen MR) is 460 cm³/mol. The number of pyridine rings is 7. The summed E-state index contributed by atoms with van der Waals surface area (Å²) in [6, 6.07) is 52.3. The van der Waals surface area contributed by atoms with Crippen LogP contribution in [-0.2, 0) is 192 Å². The molecule has 1 fully saturated rings. The van der Waals surface area contributed by atoms with Gasteiger partial charge in [-0.3, -0.25) is 34.9 Å². The summed E-state index contributed by atoms with van der Waals surface area (Å²) >= 11 is 8.39. The van der Waals surface area contributed by atoms with Crippen LogP contribution in [0.25, 0.3) is 0 Å². The maximum absolute atomic E-state index is 8.06. The van der Waals surface area contributed by atoms with Gasteiger partial charge in [0.25, 0.3) is 0 Å².